The number of nitrogens with zero attached hydrogens (tertiary/aromatic N) is 4. The van der Waals surface area contributed by atoms with E-state index in [0.29, 0.717) is 0 Å². The van der Waals surface area contributed by atoms with Crippen molar-refractivity contribution in [3.05, 3.63) is 56.0 Å². The molecule has 4 rings (SSSR count). The van der Waals surface area contributed by atoms with Gasteiger partial charge in [-0.3, -0.25) is 18.7 Å². The fraction of sp³-hybridized carbons (Fsp3) is 0.211. The summed E-state index contributed by atoms with van der Waals surface area (Å²) in [5, 5.41) is 7.73. The quantitative estimate of drug-likeness (QED) is 0.419. The van der Waals surface area contributed by atoms with Gasteiger partial charge >= 0.3 is 12.1 Å². The molecule has 10 nitrogen and oxygen atoms in total. The molecule has 0 unspecified atom stereocenters. The van der Waals surface area contributed by atoms with Crippen LogP contribution in [0.2, 0.25) is 0 Å². The van der Waals surface area contributed by atoms with Crippen LogP contribution in [0.3, 0.4) is 0 Å². The van der Waals surface area contributed by atoms with E-state index < -0.39 is 41.5 Å². The van der Waals surface area contributed by atoms with E-state index >= 15 is 0 Å². The summed E-state index contributed by atoms with van der Waals surface area (Å²) in [6, 6.07) is 2.83. The first kappa shape index (κ1) is 23.2. The van der Waals surface area contributed by atoms with Crippen molar-refractivity contribution in [1.82, 2.24) is 19.3 Å². The third-order valence-electron chi connectivity index (χ3n) is 4.68. The van der Waals surface area contributed by atoms with E-state index in [9.17, 15) is 31.9 Å². The Morgan fingerprint density at radius 3 is 2.65 bits per heavy atom. The van der Waals surface area contributed by atoms with Crippen LogP contribution in [-0.2, 0) is 25.3 Å². The summed E-state index contributed by atoms with van der Waals surface area (Å²) in [5.41, 5.74) is -0.918. The molecule has 34 heavy (non-hydrogen) atoms. The second-order valence-electron chi connectivity index (χ2n) is 6.97. The standard InChI is InChI=1S/C19H13F4N5O5S/c1-27-15-14(16(30)28(2)18(27)31)12(33-26-15)6-13(29)25-17-24-10(7-34-17)8-3-4-11(9(20)5-8)32-19(21,22)23/h3-5,7H,6H2,1-2H3,(H,24,25,29). The molecular weight excluding hydrogens is 486 g/mol. The monoisotopic (exact) mass is 499 g/mol. The van der Waals surface area contributed by atoms with Gasteiger partial charge in [0, 0.05) is 25.0 Å². The lowest BCUT2D eigenvalue weighted by Crippen LogP contribution is -2.37. The highest BCUT2D eigenvalue weighted by molar-refractivity contribution is 7.14. The van der Waals surface area contributed by atoms with Crippen LogP contribution in [0.15, 0.2) is 37.7 Å². The summed E-state index contributed by atoms with van der Waals surface area (Å²) in [4.78, 5) is 41.0. The van der Waals surface area contributed by atoms with E-state index in [0.717, 1.165) is 32.6 Å². The number of fused-ring (bicyclic) bond motifs is 1. The minimum atomic E-state index is -5.03. The number of ether oxygens (including phenoxy) is 1. The van der Waals surface area contributed by atoms with Gasteiger partial charge in [-0.25, -0.2) is 14.2 Å². The van der Waals surface area contributed by atoms with Crippen LogP contribution in [-0.4, -0.2) is 31.5 Å². The molecule has 0 radical (unpaired) electrons. The molecule has 0 aliphatic heterocycles. The Bertz CT molecular complexity index is 1530. The molecule has 0 atom stereocenters. The van der Waals surface area contributed by atoms with Gasteiger partial charge in [-0.15, -0.1) is 24.5 Å². The molecule has 178 valence electrons. The maximum Gasteiger partial charge on any atom is 0.573 e. The highest BCUT2D eigenvalue weighted by atomic mass is 32.1. The van der Waals surface area contributed by atoms with Crippen molar-refractivity contribution in [2.24, 2.45) is 14.1 Å². The maximum atomic E-state index is 14.0. The van der Waals surface area contributed by atoms with Crippen molar-refractivity contribution in [3.63, 3.8) is 0 Å². The molecule has 0 fully saturated rings. The van der Waals surface area contributed by atoms with Gasteiger partial charge in [-0.05, 0) is 18.2 Å². The van der Waals surface area contributed by atoms with Crippen molar-refractivity contribution >= 4 is 33.4 Å². The second-order valence-corrected chi connectivity index (χ2v) is 7.82. The molecule has 1 amide bonds. The SMILES string of the molecule is Cn1c(=O)c2c(CC(=O)Nc3nc(-c4ccc(OC(F)(F)F)c(F)c4)cs3)onc2n(C)c1=O. The van der Waals surface area contributed by atoms with Crippen LogP contribution >= 0.6 is 11.3 Å². The van der Waals surface area contributed by atoms with Crippen LogP contribution in [0.4, 0.5) is 22.7 Å². The molecule has 1 aromatic carbocycles. The third kappa shape index (κ3) is 4.41. The van der Waals surface area contributed by atoms with Gasteiger partial charge in [0.2, 0.25) is 5.91 Å². The Kier molecular flexibility index (Phi) is 5.72. The first-order chi connectivity index (χ1) is 15.9. The number of carbonyl (C=O) groups is 1. The number of aryl methyl sites for hydroxylation is 1. The van der Waals surface area contributed by atoms with Gasteiger partial charge in [0.25, 0.3) is 5.56 Å². The number of anilines is 1. The minimum absolute atomic E-state index is 0.00703. The Morgan fingerprint density at radius 2 is 1.97 bits per heavy atom. The van der Waals surface area contributed by atoms with Crippen molar-refractivity contribution in [1.29, 1.82) is 0 Å². The lowest BCUT2D eigenvalue weighted by atomic mass is 10.1. The summed E-state index contributed by atoms with van der Waals surface area (Å²) in [5.74, 6) is -2.89. The average molecular weight is 499 g/mol. The summed E-state index contributed by atoms with van der Waals surface area (Å²) in [7, 11) is 2.68. The van der Waals surface area contributed by atoms with Crippen LogP contribution < -0.4 is 21.3 Å². The number of benzene rings is 1. The lowest BCUT2D eigenvalue weighted by molar-refractivity contribution is -0.275. The van der Waals surface area contributed by atoms with E-state index in [1.54, 1.807) is 0 Å². The fourth-order valence-electron chi connectivity index (χ4n) is 3.09. The molecule has 0 saturated heterocycles. The number of hydrogen-bond donors (Lipinski definition) is 1. The summed E-state index contributed by atoms with van der Waals surface area (Å²) in [6.07, 6.45) is -5.43. The normalized spacial score (nSPS) is 11.7. The van der Waals surface area contributed by atoms with Gasteiger partial charge < -0.3 is 14.6 Å². The van der Waals surface area contributed by atoms with Crippen LogP contribution in [0, 0.1) is 5.82 Å². The molecule has 0 aliphatic carbocycles. The average Bonchev–Trinajstić information content (AvgIpc) is 3.38. The predicted molar refractivity (Wildman–Crippen MR) is 111 cm³/mol. The number of nitrogens with one attached hydrogen (secondary N) is 1. The van der Waals surface area contributed by atoms with Gasteiger partial charge in [-0.2, -0.15) is 0 Å². The second kappa shape index (κ2) is 8.40. The Morgan fingerprint density at radius 1 is 1.24 bits per heavy atom. The van der Waals surface area contributed by atoms with Gasteiger partial charge in [-0.1, -0.05) is 5.16 Å². The van der Waals surface area contributed by atoms with Crippen molar-refractivity contribution < 1.29 is 31.6 Å². The highest BCUT2D eigenvalue weighted by Gasteiger charge is 2.32. The zero-order valence-electron chi connectivity index (χ0n) is 17.3. The summed E-state index contributed by atoms with van der Waals surface area (Å²) >= 11 is 0.985. The number of thiazole rings is 1. The third-order valence-corrected chi connectivity index (χ3v) is 5.44. The smallest absolute Gasteiger partial charge is 0.403 e. The molecule has 15 heteroatoms. The Labute approximate surface area is 190 Å². The molecule has 0 saturated carbocycles. The predicted octanol–water partition coefficient (Wildman–Crippen LogP) is 2.57. The number of carbonyl (C=O) groups excluding carboxylic acids is 1. The van der Waals surface area contributed by atoms with Crippen LogP contribution in [0.1, 0.15) is 5.76 Å². The van der Waals surface area contributed by atoms with Gasteiger partial charge in [0.1, 0.15) is 5.39 Å². The fourth-order valence-corrected chi connectivity index (χ4v) is 3.83. The molecule has 0 aliphatic rings. The number of amides is 1. The highest BCUT2D eigenvalue weighted by Crippen LogP contribution is 2.31. The van der Waals surface area contributed by atoms with E-state index in [2.05, 4.69) is 20.2 Å². The Hall–Kier alpha value is -4.01. The minimum Gasteiger partial charge on any atom is -0.403 e. The first-order valence-electron chi connectivity index (χ1n) is 9.30. The topological polar surface area (TPSA) is 121 Å². The summed E-state index contributed by atoms with van der Waals surface area (Å²) in [6.45, 7) is 0. The molecule has 3 heterocycles. The first-order valence-corrected chi connectivity index (χ1v) is 10.2. The largest absolute Gasteiger partial charge is 0.573 e. The lowest BCUT2D eigenvalue weighted by Gasteiger charge is -2.10. The number of aromatic nitrogens is 4. The molecule has 4 aromatic rings. The molecule has 0 spiro atoms. The number of rotatable bonds is 5. The maximum absolute atomic E-state index is 14.0. The zero-order chi connectivity index (χ0) is 24.8. The van der Waals surface area contributed by atoms with E-state index in [-0.39, 0.29) is 33.2 Å². The number of halogens is 4. The molecule has 3 aromatic heterocycles. The van der Waals surface area contributed by atoms with Gasteiger partial charge in [0.05, 0.1) is 12.1 Å². The van der Waals surface area contributed by atoms with Crippen molar-refractivity contribution in [2.45, 2.75) is 12.8 Å². The van der Waals surface area contributed by atoms with Crippen LogP contribution in [0.25, 0.3) is 22.3 Å². The van der Waals surface area contributed by atoms with E-state index in [4.69, 9.17) is 4.52 Å². The van der Waals surface area contributed by atoms with Crippen molar-refractivity contribution in [2.75, 3.05) is 5.32 Å². The van der Waals surface area contributed by atoms with E-state index in [1.165, 1.54) is 25.5 Å². The van der Waals surface area contributed by atoms with Crippen LogP contribution in [0.5, 0.6) is 5.75 Å². The van der Waals surface area contributed by atoms with Crippen molar-refractivity contribution in [3.8, 4) is 17.0 Å². The molecule has 1 N–H and O–H groups in total. The molecular formula is C19H13F4N5O5S. The van der Waals surface area contributed by atoms with Gasteiger partial charge in [0.15, 0.2) is 28.1 Å². The number of alkyl halides is 3. The van der Waals surface area contributed by atoms with E-state index in [1.807, 2.05) is 0 Å². The summed E-state index contributed by atoms with van der Waals surface area (Å²) < 4.78 is 61.5. The molecule has 0 bridgehead atoms. The Balaban J connectivity index is 1.51. The number of hydrogen-bond acceptors (Lipinski definition) is 8. The zero-order valence-corrected chi connectivity index (χ0v) is 18.1.